The largest absolute Gasteiger partial charge is 0.421 e. The average Bonchev–Trinajstić information content (AvgIpc) is 3.22. The lowest BCUT2D eigenvalue weighted by molar-refractivity contribution is -0.258. The van der Waals surface area contributed by atoms with Gasteiger partial charge in [-0.1, -0.05) is 18.2 Å². The molecule has 0 spiro atoms. The fraction of sp³-hybridized carbons (Fsp3) is 0.450. The molecule has 1 fully saturated rings. The lowest BCUT2D eigenvalue weighted by Crippen LogP contribution is -2.55. The zero-order chi connectivity index (χ0) is 23.0. The van der Waals surface area contributed by atoms with Gasteiger partial charge in [-0.15, -0.1) is 11.3 Å². The molecule has 0 bridgehead atoms. The highest BCUT2D eigenvalue weighted by molar-refractivity contribution is 7.91. The summed E-state index contributed by atoms with van der Waals surface area (Å²) in [4.78, 5) is 13.6. The number of ketones is 1. The number of carbonyl (C=O) groups is 1. The second kappa shape index (κ2) is 8.53. The molecular weight excluding hydrogens is 453 g/mol. The van der Waals surface area contributed by atoms with Crippen LogP contribution < -0.4 is 4.90 Å². The standard InChI is InChI=1S/C20H23F3N2O4S2/c1-14(26)12-17-13-24(31(28,29)18-4-3-11-30-18)9-10-25(17)16-7-5-15(6-8-16)19(2,27)20(21,22)23/h3-8,11,17,27H,9-10,12-13H2,1-2H3/t17-,19?/m0/s1. The van der Waals surface area contributed by atoms with Crippen molar-refractivity contribution in [3.8, 4) is 0 Å². The number of hydrogen-bond acceptors (Lipinski definition) is 6. The summed E-state index contributed by atoms with van der Waals surface area (Å²) < 4.78 is 66.6. The number of sulfonamides is 1. The van der Waals surface area contributed by atoms with Crippen LogP contribution in [0.1, 0.15) is 25.8 Å². The van der Waals surface area contributed by atoms with Crippen molar-refractivity contribution < 1.29 is 31.5 Å². The van der Waals surface area contributed by atoms with Crippen molar-refractivity contribution in [3.05, 3.63) is 47.3 Å². The van der Waals surface area contributed by atoms with Crippen molar-refractivity contribution in [3.63, 3.8) is 0 Å². The highest BCUT2D eigenvalue weighted by atomic mass is 32.2. The Morgan fingerprint density at radius 1 is 1.19 bits per heavy atom. The lowest BCUT2D eigenvalue weighted by Gasteiger charge is -2.42. The summed E-state index contributed by atoms with van der Waals surface area (Å²) in [5.41, 5.74) is -2.73. The first-order valence-corrected chi connectivity index (χ1v) is 11.9. The Hall–Kier alpha value is -1.95. The van der Waals surface area contributed by atoms with Gasteiger partial charge < -0.3 is 10.0 Å². The van der Waals surface area contributed by atoms with Crippen molar-refractivity contribution in [2.24, 2.45) is 0 Å². The smallest absolute Gasteiger partial charge is 0.376 e. The van der Waals surface area contributed by atoms with Crippen LogP contribution in [0.5, 0.6) is 0 Å². The lowest BCUT2D eigenvalue weighted by atomic mass is 9.95. The number of halogens is 3. The molecule has 0 saturated carbocycles. The Labute approximate surface area is 183 Å². The molecule has 3 rings (SSSR count). The van der Waals surface area contributed by atoms with Gasteiger partial charge in [0, 0.05) is 37.8 Å². The van der Waals surface area contributed by atoms with Crippen LogP contribution in [0.15, 0.2) is 46.0 Å². The van der Waals surface area contributed by atoms with Crippen molar-refractivity contribution in [1.29, 1.82) is 0 Å². The van der Waals surface area contributed by atoms with Gasteiger partial charge in [-0.25, -0.2) is 8.42 Å². The number of aliphatic hydroxyl groups is 1. The van der Waals surface area contributed by atoms with Crippen LogP contribution in [0.2, 0.25) is 0 Å². The first kappa shape index (κ1) is 23.7. The maximum atomic E-state index is 13.1. The number of thiophene rings is 1. The average molecular weight is 477 g/mol. The summed E-state index contributed by atoms with van der Waals surface area (Å²) in [6.07, 6.45) is -4.73. The monoisotopic (exact) mass is 476 g/mol. The molecule has 1 N–H and O–H groups in total. The highest BCUT2D eigenvalue weighted by Crippen LogP contribution is 2.39. The minimum atomic E-state index is -4.83. The van der Waals surface area contributed by atoms with E-state index in [2.05, 4.69) is 0 Å². The van der Waals surface area contributed by atoms with E-state index in [0.29, 0.717) is 12.6 Å². The van der Waals surface area contributed by atoms with E-state index < -0.39 is 27.8 Å². The predicted molar refractivity (Wildman–Crippen MR) is 112 cm³/mol. The maximum absolute atomic E-state index is 13.1. The SMILES string of the molecule is CC(=O)C[C@H]1CN(S(=O)(=O)c2cccs2)CCN1c1ccc(C(C)(O)C(F)(F)F)cc1. The van der Waals surface area contributed by atoms with E-state index in [9.17, 15) is 31.5 Å². The van der Waals surface area contributed by atoms with Crippen molar-refractivity contribution >= 4 is 32.8 Å². The predicted octanol–water partition coefficient (Wildman–Crippen LogP) is 3.38. The van der Waals surface area contributed by atoms with E-state index in [-0.39, 0.29) is 41.6 Å². The number of alkyl halides is 3. The number of anilines is 1. The van der Waals surface area contributed by atoms with E-state index >= 15 is 0 Å². The van der Waals surface area contributed by atoms with E-state index in [4.69, 9.17) is 0 Å². The Balaban J connectivity index is 1.85. The summed E-state index contributed by atoms with van der Waals surface area (Å²) >= 11 is 1.12. The fourth-order valence-electron chi connectivity index (χ4n) is 3.57. The molecule has 11 heteroatoms. The van der Waals surface area contributed by atoms with Crippen molar-refractivity contribution in [1.82, 2.24) is 4.31 Å². The number of carbonyl (C=O) groups excluding carboxylic acids is 1. The molecule has 1 aromatic heterocycles. The number of piperazine rings is 1. The summed E-state index contributed by atoms with van der Waals surface area (Å²) in [7, 11) is -3.68. The van der Waals surface area contributed by atoms with E-state index in [1.165, 1.54) is 41.6 Å². The molecule has 1 unspecified atom stereocenters. The number of nitrogens with zero attached hydrogens (tertiary/aromatic N) is 2. The minimum Gasteiger partial charge on any atom is -0.376 e. The molecule has 1 aliphatic rings. The Morgan fingerprint density at radius 3 is 2.35 bits per heavy atom. The van der Waals surface area contributed by atoms with Crippen LogP contribution in [0.3, 0.4) is 0 Å². The van der Waals surface area contributed by atoms with E-state index in [0.717, 1.165) is 11.3 Å². The first-order valence-electron chi connectivity index (χ1n) is 9.53. The van der Waals surface area contributed by atoms with Gasteiger partial charge in [-0.3, -0.25) is 4.79 Å². The normalized spacial score (nSPS) is 20.5. The second-order valence-corrected chi connectivity index (χ2v) is 10.8. The van der Waals surface area contributed by atoms with Crippen LogP contribution in [0, 0.1) is 0 Å². The molecule has 2 aromatic rings. The van der Waals surface area contributed by atoms with Gasteiger partial charge in [0.2, 0.25) is 0 Å². The molecule has 170 valence electrons. The summed E-state index contributed by atoms with van der Waals surface area (Å²) in [6, 6.07) is 8.01. The zero-order valence-corrected chi connectivity index (χ0v) is 18.6. The van der Waals surface area contributed by atoms with Gasteiger partial charge in [-0.05, 0) is 43.0 Å². The molecule has 31 heavy (non-hydrogen) atoms. The molecule has 1 aliphatic heterocycles. The third-order valence-electron chi connectivity index (χ3n) is 5.37. The van der Waals surface area contributed by atoms with Gasteiger partial charge in [0.25, 0.3) is 10.0 Å². The summed E-state index contributed by atoms with van der Waals surface area (Å²) in [5.74, 6) is -0.123. The summed E-state index contributed by atoms with van der Waals surface area (Å²) in [6.45, 7) is 2.64. The number of rotatable bonds is 6. The third kappa shape index (κ3) is 4.79. The second-order valence-electron chi connectivity index (χ2n) is 7.67. The molecule has 1 aromatic carbocycles. The van der Waals surface area contributed by atoms with Crippen molar-refractivity contribution in [2.75, 3.05) is 24.5 Å². The van der Waals surface area contributed by atoms with Crippen LogP contribution in [0.25, 0.3) is 0 Å². The maximum Gasteiger partial charge on any atom is 0.421 e. The quantitative estimate of drug-likeness (QED) is 0.692. The Bertz CT molecular complexity index is 1020. The van der Waals surface area contributed by atoms with Crippen molar-refractivity contribution in [2.45, 2.75) is 42.3 Å². The van der Waals surface area contributed by atoms with E-state index in [1.807, 2.05) is 4.90 Å². The molecule has 1 saturated heterocycles. The van der Waals surface area contributed by atoms with Crippen LogP contribution in [-0.2, 0) is 20.4 Å². The van der Waals surface area contributed by atoms with Gasteiger partial charge in [-0.2, -0.15) is 17.5 Å². The number of hydrogen-bond donors (Lipinski definition) is 1. The number of benzene rings is 1. The molecule has 0 amide bonds. The van der Waals surface area contributed by atoms with Gasteiger partial charge >= 0.3 is 6.18 Å². The van der Waals surface area contributed by atoms with Crippen LogP contribution in [0.4, 0.5) is 18.9 Å². The highest BCUT2D eigenvalue weighted by Gasteiger charge is 2.51. The minimum absolute atomic E-state index is 0.0851. The molecule has 6 nitrogen and oxygen atoms in total. The third-order valence-corrected chi connectivity index (χ3v) is 8.61. The zero-order valence-electron chi connectivity index (χ0n) is 17.0. The molecule has 0 aliphatic carbocycles. The molecule has 2 atom stereocenters. The molecule has 2 heterocycles. The first-order chi connectivity index (χ1) is 14.3. The summed E-state index contributed by atoms with van der Waals surface area (Å²) in [5, 5.41) is 11.5. The van der Waals surface area contributed by atoms with E-state index in [1.54, 1.807) is 11.4 Å². The topological polar surface area (TPSA) is 77.9 Å². The van der Waals surface area contributed by atoms with Crippen LogP contribution in [-0.4, -0.2) is 55.5 Å². The molecule has 0 radical (unpaired) electrons. The van der Waals surface area contributed by atoms with Gasteiger partial charge in [0.05, 0.1) is 0 Å². The molecular formula is C20H23F3N2O4S2. The number of Topliss-reactive ketones (excluding diaryl/α,β-unsaturated/α-hetero) is 1. The fourth-order valence-corrected chi connectivity index (χ4v) is 6.18. The van der Waals surface area contributed by atoms with Gasteiger partial charge in [0.1, 0.15) is 9.99 Å². The van der Waals surface area contributed by atoms with Gasteiger partial charge in [0.15, 0.2) is 5.60 Å². The van der Waals surface area contributed by atoms with Crippen LogP contribution >= 0.6 is 11.3 Å². The Morgan fingerprint density at radius 2 is 1.84 bits per heavy atom. The Kier molecular flexibility index (Phi) is 6.52.